The minimum Gasteiger partial charge on any atom is -0.496 e. The van der Waals surface area contributed by atoms with Gasteiger partial charge in [-0.1, -0.05) is 12.1 Å². The summed E-state index contributed by atoms with van der Waals surface area (Å²) in [6.07, 6.45) is -3.32. The lowest BCUT2D eigenvalue weighted by Gasteiger charge is -2.25. The molecule has 1 N–H and O–H groups in total. The fraction of sp³-hybridized carbons (Fsp3) is 0.238. The van der Waals surface area contributed by atoms with Crippen molar-refractivity contribution in [3.05, 3.63) is 69.5 Å². The number of nitro benzene ring substituents is 1. The van der Waals surface area contributed by atoms with Gasteiger partial charge in [0.25, 0.3) is 11.5 Å². The highest BCUT2D eigenvalue weighted by Crippen LogP contribution is 2.43. The number of hydrogen-bond acceptors (Lipinski definition) is 8. The number of para-hydroxylation sites is 1. The Kier molecular flexibility index (Phi) is 5.77. The summed E-state index contributed by atoms with van der Waals surface area (Å²) < 4.78 is 57.0. The predicted octanol–water partition coefficient (Wildman–Crippen LogP) is 4.29. The number of hydrogen-bond donors (Lipinski definition) is 1. The summed E-state index contributed by atoms with van der Waals surface area (Å²) in [4.78, 5) is 14.8. The van der Waals surface area contributed by atoms with Crippen LogP contribution in [0.5, 0.6) is 17.2 Å². The number of rotatable bonds is 6. The number of ether oxygens (including phenoxy) is 3. The first kappa shape index (κ1) is 22.9. The second-order valence-electron chi connectivity index (χ2n) is 7.07. The monoisotopic (exact) mass is 477 g/mol. The normalized spacial score (nSPS) is 15.1. The molecule has 0 spiro atoms. The van der Waals surface area contributed by atoms with Crippen LogP contribution in [0, 0.1) is 10.1 Å². The number of allylic oxidation sites excluding steroid dienone is 1. The fourth-order valence-corrected chi connectivity index (χ4v) is 3.64. The van der Waals surface area contributed by atoms with Crippen LogP contribution in [0.4, 0.5) is 24.8 Å². The lowest BCUT2D eigenvalue weighted by atomic mass is 9.99. The van der Waals surface area contributed by atoms with Gasteiger partial charge in [-0.15, -0.1) is 5.10 Å². The largest absolute Gasteiger partial charge is 0.496 e. The molecular formula is C21H18F3N5O5. The first-order valence-electron chi connectivity index (χ1n) is 9.74. The zero-order valence-electron chi connectivity index (χ0n) is 18.1. The second-order valence-corrected chi connectivity index (χ2v) is 7.07. The Labute approximate surface area is 190 Å². The maximum Gasteiger partial charge on any atom is 0.453 e. The summed E-state index contributed by atoms with van der Waals surface area (Å²) in [5.74, 6) is -0.948. The van der Waals surface area contributed by atoms with Crippen molar-refractivity contribution >= 4 is 17.3 Å². The number of anilines is 1. The van der Waals surface area contributed by atoms with E-state index in [0.29, 0.717) is 17.0 Å². The van der Waals surface area contributed by atoms with E-state index in [2.05, 4.69) is 15.4 Å². The summed E-state index contributed by atoms with van der Waals surface area (Å²) in [6.45, 7) is 0. The summed E-state index contributed by atoms with van der Waals surface area (Å²) in [7, 11) is 4.11. The number of methoxy groups -OCH3 is 3. The number of aromatic nitrogens is 3. The highest BCUT2D eigenvalue weighted by molar-refractivity contribution is 5.80. The van der Waals surface area contributed by atoms with Gasteiger partial charge in [0, 0.05) is 5.56 Å². The topological polar surface area (TPSA) is 114 Å². The van der Waals surface area contributed by atoms with Crippen LogP contribution in [0.3, 0.4) is 0 Å². The average Bonchev–Trinajstić information content (AvgIpc) is 3.27. The number of nitro groups is 1. The van der Waals surface area contributed by atoms with E-state index in [1.54, 1.807) is 24.3 Å². The Bertz CT molecular complexity index is 1290. The Morgan fingerprint density at radius 2 is 1.71 bits per heavy atom. The van der Waals surface area contributed by atoms with E-state index >= 15 is 0 Å². The van der Waals surface area contributed by atoms with Gasteiger partial charge >= 0.3 is 6.18 Å². The molecule has 1 aromatic heterocycles. The molecule has 0 amide bonds. The van der Waals surface area contributed by atoms with E-state index < -0.39 is 28.7 Å². The molecule has 1 aliphatic heterocycles. The van der Waals surface area contributed by atoms with E-state index in [-0.39, 0.29) is 23.0 Å². The third-order valence-electron chi connectivity index (χ3n) is 5.16. The van der Waals surface area contributed by atoms with Gasteiger partial charge in [0.05, 0.1) is 43.6 Å². The molecule has 2 aromatic carbocycles. The molecule has 2 heterocycles. The first-order chi connectivity index (χ1) is 16.2. The number of benzene rings is 2. The van der Waals surface area contributed by atoms with Gasteiger partial charge in [-0.05, 0) is 24.3 Å². The zero-order valence-corrected chi connectivity index (χ0v) is 18.1. The molecular weight excluding hydrogens is 459 g/mol. The van der Waals surface area contributed by atoms with Crippen molar-refractivity contribution in [1.82, 2.24) is 14.8 Å². The Balaban J connectivity index is 1.98. The number of nitrogens with zero attached hydrogens (tertiary/aromatic N) is 4. The quantitative estimate of drug-likeness (QED) is 0.413. The second kappa shape index (κ2) is 8.57. The molecule has 0 bridgehead atoms. The van der Waals surface area contributed by atoms with Gasteiger partial charge < -0.3 is 19.5 Å². The van der Waals surface area contributed by atoms with Crippen molar-refractivity contribution in [2.75, 3.05) is 26.6 Å². The van der Waals surface area contributed by atoms with E-state index in [0.717, 1.165) is 10.7 Å². The van der Waals surface area contributed by atoms with Crippen molar-refractivity contribution in [2.45, 2.75) is 12.2 Å². The minimum absolute atomic E-state index is 0.0245. The van der Waals surface area contributed by atoms with Gasteiger partial charge in [-0.3, -0.25) is 10.1 Å². The van der Waals surface area contributed by atoms with Gasteiger partial charge in [-0.2, -0.15) is 18.2 Å². The molecule has 1 unspecified atom stereocenters. The number of halogens is 3. The number of nitrogens with one attached hydrogen (secondary N) is 1. The zero-order chi connectivity index (χ0) is 24.6. The summed E-state index contributed by atoms with van der Waals surface area (Å²) in [5.41, 5.74) is 0.479. The van der Waals surface area contributed by atoms with Crippen molar-refractivity contribution in [3.8, 4) is 17.2 Å². The van der Waals surface area contributed by atoms with E-state index in [1.165, 1.54) is 33.5 Å². The van der Waals surface area contributed by atoms with Gasteiger partial charge in [0.1, 0.15) is 11.8 Å². The van der Waals surface area contributed by atoms with Crippen LogP contribution in [0.15, 0.2) is 42.5 Å². The van der Waals surface area contributed by atoms with Crippen molar-refractivity contribution in [3.63, 3.8) is 0 Å². The van der Waals surface area contributed by atoms with Crippen molar-refractivity contribution in [1.29, 1.82) is 0 Å². The number of alkyl halides is 3. The van der Waals surface area contributed by atoms with Gasteiger partial charge in [0.2, 0.25) is 5.95 Å². The molecule has 10 nitrogen and oxygen atoms in total. The molecule has 0 fully saturated rings. The molecule has 178 valence electrons. The first-order valence-corrected chi connectivity index (χ1v) is 9.74. The van der Waals surface area contributed by atoms with E-state index in [4.69, 9.17) is 14.2 Å². The van der Waals surface area contributed by atoms with Crippen LogP contribution in [0.25, 0.3) is 5.70 Å². The molecule has 0 radical (unpaired) electrons. The summed E-state index contributed by atoms with van der Waals surface area (Å²) in [5, 5.41) is 18.3. The maximum atomic E-state index is 13.4. The van der Waals surface area contributed by atoms with Crippen LogP contribution >= 0.6 is 0 Å². The standard InChI is InChI=1S/C21H18F3N5O5/c1-32-16-7-5-4-6-11(16)13-9-14(28-20(25-13)26-19(27-28)21(22,23)24)12-8-17(33-2)18(34-3)10-15(12)29(30)31/h4-10,14H,1-3H3,(H,25,26,27). The summed E-state index contributed by atoms with van der Waals surface area (Å²) in [6, 6.07) is 8.15. The predicted molar refractivity (Wildman–Crippen MR) is 114 cm³/mol. The Morgan fingerprint density at radius 3 is 2.32 bits per heavy atom. The molecule has 1 atom stereocenters. The van der Waals surface area contributed by atoms with Gasteiger partial charge in [0.15, 0.2) is 11.5 Å². The van der Waals surface area contributed by atoms with Crippen LogP contribution in [0.1, 0.15) is 23.0 Å². The lowest BCUT2D eigenvalue weighted by Crippen LogP contribution is -2.21. The third kappa shape index (κ3) is 3.95. The molecule has 3 aromatic rings. The molecule has 0 aliphatic carbocycles. The van der Waals surface area contributed by atoms with Gasteiger partial charge in [-0.25, -0.2) is 4.68 Å². The molecule has 1 aliphatic rings. The molecule has 34 heavy (non-hydrogen) atoms. The highest BCUT2D eigenvalue weighted by atomic mass is 19.4. The van der Waals surface area contributed by atoms with E-state index in [1.807, 2.05) is 0 Å². The Morgan fingerprint density at radius 1 is 1.06 bits per heavy atom. The van der Waals surface area contributed by atoms with Crippen LogP contribution < -0.4 is 19.5 Å². The van der Waals surface area contributed by atoms with E-state index in [9.17, 15) is 23.3 Å². The Hall–Kier alpha value is -4.29. The SMILES string of the molecule is COc1cc(C2C=C(c3ccccc3OC)Nc3nc(C(F)(F)F)nn32)c([N+](=O)[O-])cc1OC. The van der Waals surface area contributed by atoms with Crippen LogP contribution in [-0.2, 0) is 6.18 Å². The number of fused-ring (bicyclic) bond motifs is 1. The molecule has 4 rings (SSSR count). The smallest absolute Gasteiger partial charge is 0.453 e. The van der Waals surface area contributed by atoms with Crippen molar-refractivity contribution < 1.29 is 32.3 Å². The molecule has 13 heteroatoms. The molecule has 0 saturated heterocycles. The van der Waals surface area contributed by atoms with Crippen molar-refractivity contribution in [2.24, 2.45) is 0 Å². The highest BCUT2D eigenvalue weighted by Gasteiger charge is 2.40. The molecule has 0 saturated carbocycles. The average molecular weight is 477 g/mol. The lowest BCUT2D eigenvalue weighted by molar-refractivity contribution is -0.385. The minimum atomic E-state index is -4.83. The third-order valence-corrected chi connectivity index (χ3v) is 5.16. The fourth-order valence-electron chi connectivity index (χ4n) is 3.64. The summed E-state index contributed by atoms with van der Waals surface area (Å²) >= 11 is 0. The van der Waals surface area contributed by atoms with Crippen LogP contribution in [-0.4, -0.2) is 41.0 Å². The maximum absolute atomic E-state index is 13.4. The van der Waals surface area contributed by atoms with Crippen LogP contribution in [0.2, 0.25) is 0 Å².